The highest BCUT2D eigenvalue weighted by Gasteiger charge is 2.23. The second-order valence-electron chi connectivity index (χ2n) is 5.16. The first kappa shape index (κ1) is 17.7. The van der Waals surface area contributed by atoms with Gasteiger partial charge in [-0.1, -0.05) is 6.07 Å². The predicted octanol–water partition coefficient (Wildman–Crippen LogP) is 3.38. The van der Waals surface area contributed by atoms with Crippen molar-refractivity contribution in [2.75, 3.05) is 6.61 Å². The summed E-state index contributed by atoms with van der Waals surface area (Å²) in [5.41, 5.74) is 0.808. The van der Waals surface area contributed by atoms with Gasteiger partial charge in [0.05, 0.1) is 11.5 Å². The molecule has 128 valence electrons. The Hall–Kier alpha value is -2.61. The predicted molar refractivity (Wildman–Crippen MR) is 88.0 cm³/mol. The summed E-state index contributed by atoms with van der Waals surface area (Å²) < 4.78 is 35.5. The average molecular weight is 351 g/mol. The minimum Gasteiger partial charge on any atom is -0.494 e. The van der Waals surface area contributed by atoms with Gasteiger partial charge < -0.3 is 8.92 Å². The molecule has 8 heteroatoms. The van der Waals surface area contributed by atoms with Crippen molar-refractivity contribution < 1.29 is 22.3 Å². The number of hydrogen-bond donors (Lipinski definition) is 0. The molecular formula is C16H17NO6S. The summed E-state index contributed by atoms with van der Waals surface area (Å²) in [6.45, 7) is 5.56. The number of benzene rings is 2. The molecule has 0 saturated carbocycles. The molecule has 2 aromatic rings. The van der Waals surface area contributed by atoms with Gasteiger partial charge in [0.1, 0.15) is 16.4 Å². The molecule has 0 radical (unpaired) electrons. The summed E-state index contributed by atoms with van der Waals surface area (Å²) in [4.78, 5) is 9.97. The number of nitrogens with zero attached hydrogens (tertiary/aromatic N) is 1. The van der Waals surface area contributed by atoms with Crippen LogP contribution in [0.5, 0.6) is 11.5 Å². The molecule has 7 nitrogen and oxygen atoms in total. The maximum absolute atomic E-state index is 12.5. The van der Waals surface area contributed by atoms with Crippen molar-refractivity contribution in [1.82, 2.24) is 0 Å². The zero-order chi connectivity index (χ0) is 17.9. The fourth-order valence-corrected chi connectivity index (χ4v) is 3.32. The summed E-state index contributed by atoms with van der Waals surface area (Å²) in [7, 11) is -4.21. The Bertz CT molecular complexity index is 876. The van der Waals surface area contributed by atoms with Crippen LogP contribution in [-0.2, 0) is 10.1 Å². The topological polar surface area (TPSA) is 95.7 Å². The van der Waals surface area contributed by atoms with Gasteiger partial charge in [0.2, 0.25) is 0 Å². The number of nitro benzene ring substituents is 1. The summed E-state index contributed by atoms with van der Waals surface area (Å²) in [6, 6.07) is 8.36. The van der Waals surface area contributed by atoms with Gasteiger partial charge in [-0.2, -0.15) is 8.42 Å². The first-order valence-corrected chi connectivity index (χ1v) is 8.58. The van der Waals surface area contributed by atoms with E-state index in [4.69, 9.17) is 8.92 Å². The molecule has 0 aliphatic heterocycles. The monoisotopic (exact) mass is 351 g/mol. The van der Waals surface area contributed by atoms with Crippen LogP contribution in [0.2, 0.25) is 0 Å². The Balaban J connectivity index is 2.42. The summed E-state index contributed by atoms with van der Waals surface area (Å²) >= 11 is 0. The largest absolute Gasteiger partial charge is 0.494 e. The SMILES string of the molecule is CCOc1cc(C)cc(OS(=O)(=O)c2cc([N+](=O)[O-])ccc2C)c1. The molecule has 0 fully saturated rings. The highest BCUT2D eigenvalue weighted by molar-refractivity contribution is 7.87. The average Bonchev–Trinajstić information content (AvgIpc) is 2.46. The van der Waals surface area contributed by atoms with E-state index in [1.165, 1.54) is 18.2 Å². The third kappa shape index (κ3) is 4.02. The first-order valence-electron chi connectivity index (χ1n) is 7.17. The van der Waals surface area contributed by atoms with Gasteiger partial charge in [-0.3, -0.25) is 10.1 Å². The van der Waals surface area contributed by atoms with E-state index in [9.17, 15) is 18.5 Å². The van der Waals surface area contributed by atoms with Gasteiger partial charge in [-0.25, -0.2) is 0 Å². The van der Waals surface area contributed by atoms with E-state index in [2.05, 4.69) is 0 Å². The van der Waals surface area contributed by atoms with Crippen LogP contribution in [0.25, 0.3) is 0 Å². The van der Waals surface area contributed by atoms with Crippen LogP contribution in [0, 0.1) is 24.0 Å². The van der Waals surface area contributed by atoms with Crippen LogP contribution in [-0.4, -0.2) is 19.9 Å². The maximum atomic E-state index is 12.5. The molecule has 24 heavy (non-hydrogen) atoms. The molecule has 2 aromatic carbocycles. The maximum Gasteiger partial charge on any atom is 0.339 e. The number of hydrogen-bond acceptors (Lipinski definition) is 6. The first-order chi connectivity index (χ1) is 11.2. The number of nitro groups is 1. The molecule has 0 N–H and O–H groups in total. The fourth-order valence-electron chi connectivity index (χ4n) is 2.16. The van der Waals surface area contributed by atoms with Gasteiger partial charge in [0.25, 0.3) is 5.69 Å². The summed E-state index contributed by atoms with van der Waals surface area (Å²) in [6.07, 6.45) is 0. The van der Waals surface area contributed by atoms with Crippen LogP contribution < -0.4 is 8.92 Å². The van der Waals surface area contributed by atoms with E-state index in [1.807, 2.05) is 6.92 Å². The Morgan fingerprint density at radius 3 is 2.38 bits per heavy atom. The zero-order valence-corrected chi connectivity index (χ0v) is 14.3. The van der Waals surface area contributed by atoms with E-state index in [1.54, 1.807) is 26.0 Å². The van der Waals surface area contributed by atoms with E-state index in [0.29, 0.717) is 17.9 Å². The lowest BCUT2D eigenvalue weighted by atomic mass is 10.2. The van der Waals surface area contributed by atoms with E-state index < -0.39 is 15.0 Å². The van der Waals surface area contributed by atoms with E-state index in [-0.39, 0.29) is 16.3 Å². The molecule has 0 atom stereocenters. The third-order valence-corrected chi connectivity index (χ3v) is 4.58. The fraction of sp³-hybridized carbons (Fsp3) is 0.250. The van der Waals surface area contributed by atoms with Crippen molar-refractivity contribution in [2.45, 2.75) is 25.7 Å². The van der Waals surface area contributed by atoms with Gasteiger partial charge >= 0.3 is 10.1 Å². The molecule has 0 saturated heterocycles. The van der Waals surface area contributed by atoms with Crippen molar-refractivity contribution in [3.05, 3.63) is 57.6 Å². The summed E-state index contributed by atoms with van der Waals surface area (Å²) in [5, 5.41) is 10.9. The van der Waals surface area contributed by atoms with Crippen LogP contribution in [0.4, 0.5) is 5.69 Å². The van der Waals surface area contributed by atoms with Crippen molar-refractivity contribution >= 4 is 15.8 Å². The van der Waals surface area contributed by atoms with Gasteiger partial charge in [0.15, 0.2) is 0 Å². The lowest BCUT2D eigenvalue weighted by Gasteiger charge is -2.11. The lowest BCUT2D eigenvalue weighted by molar-refractivity contribution is -0.385. The van der Waals surface area contributed by atoms with Crippen molar-refractivity contribution in [3.8, 4) is 11.5 Å². The van der Waals surface area contributed by atoms with Gasteiger partial charge in [-0.15, -0.1) is 0 Å². The minimum atomic E-state index is -4.21. The second kappa shape index (κ2) is 6.88. The summed E-state index contributed by atoms with van der Waals surface area (Å²) in [5.74, 6) is 0.572. The molecule has 0 bridgehead atoms. The van der Waals surface area contributed by atoms with Crippen LogP contribution in [0.3, 0.4) is 0 Å². The highest BCUT2D eigenvalue weighted by atomic mass is 32.2. The Kier molecular flexibility index (Phi) is 5.08. The van der Waals surface area contributed by atoms with E-state index in [0.717, 1.165) is 11.6 Å². The van der Waals surface area contributed by atoms with E-state index >= 15 is 0 Å². The zero-order valence-electron chi connectivity index (χ0n) is 13.5. The second-order valence-corrected chi connectivity index (χ2v) is 6.67. The quantitative estimate of drug-likeness (QED) is 0.450. The minimum absolute atomic E-state index is 0.0874. The number of rotatable bonds is 6. The smallest absolute Gasteiger partial charge is 0.339 e. The van der Waals surface area contributed by atoms with Crippen LogP contribution in [0.1, 0.15) is 18.1 Å². The lowest BCUT2D eigenvalue weighted by Crippen LogP contribution is -2.12. The molecule has 0 heterocycles. The molecule has 0 amide bonds. The molecule has 0 spiro atoms. The Morgan fingerprint density at radius 2 is 1.75 bits per heavy atom. The van der Waals surface area contributed by atoms with Gasteiger partial charge in [0, 0.05) is 18.2 Å². The van der Waals surface area contributed by atoms with Crippen LogP contribution in [0.15, 0.2) is 41.3 Å². The number of non-ortho nitro benzene ring substituents is 1. The molecular weight excluding hydrogens is 334 g/mol. The molecule has 0 aliphatic rings. The van der Waals surface area contributed by atoms with Crippen molar-refractivity contribution in [2.24, 2.45) is 0 Å². The van der Waals surface area contributed by atoms with Gasteiger partial charge in [-0.05, 0) is 44.0 Å². The normalized spacial score (nSPS) is 11.1. The Labute approximate surface area is 140 Å². The molecule has 0 unspecified atom stereocenters. The molecule has 2 rings (SSSR count). The highest BCUT2D eigenvalue weighted by Crippen LogP contribution is 2.28. The number of aryl methyl sites for hydroxylation is 2. The molecule has 0 aliphatic carbocycles. The molecule has 0 aromatic heterocycles. The van der Waals surface area contributed by atoms with Crippen molar-refractivity contribution in [1.29, 1.82) is 0 Å². The van der Waals surface area contributed by atoms with Crippen molar-refractivity contribution in [3.63, 3.8) is 0 Å². The van der Waals surface area contributed by atoms with Crippen LogP contribution >= 0.6 is 0 Å². The Morgan fingerprint density at radius 1 is 1.08 bits per heavy atom. The number of ether oxygens (including phenoxy) is 1. The third-order valence-electron chi connectivity index (χ3n) is 3.19. The standard InChI is InChI=1S/C16H17NO6S/c1-4-22-14-7-11(2)8-15(10-14)23-24(20,21)16-9-13(17(18)19)6-5-12(16)3/h5-10H,4H2,1-3H3.